The van der Waals surface area contributed by atoms with E-state index < -0.39 is 16.0 Å². The molecule has 0 unspecified atom stereocenters. The van der Waals surface area contributed by atoms with Crippen molar-refractivity contribution in [2.75, 3.05) is 14.2 Å². The van der Waals surface area contributed by atoms with Crippen LogP contribution in [-0.2, 0) is 14.8 Å². The number of thiophene rings is 1. The molecule has 0 N–H and O–H groups in total. The molecule has 0 radical (unpaired) electrons. The Hall–Kier alpha value is -0.920. The van der Waals surface area contributed by atoms with Crippen LogP contribution in [0.5, 0.6) is 0 Å². The molecule has 0 saturated heterocycles. The summed E-state index contributed by atoms with van der Waals surface area (Å²) in [6.07, 6.45) is 0. The largest absolute Gasteiger partial charge is 0.465 e. The summed E-state index contributed by atoms with van der Waals surface area (Å²) in [6, 6.07) is 1.23. The fourth-order valence-electron chi connectivity index (χ4n) is 1.65. The molecular weight excluding hydrogens is 298 g/mol. The summed E-state index contributed by atoms with van der Waals surface area (Å²) in [7, 11) is -0.953. The molecule has 0 spiro atoms. The Morgan fingerprint density at radius 3 is 2.40 bits per heavy atom. The monoisotopic (exact) mass is 319 g/mol. The predicted molar refractivity (Wildman–Crippen MR) is 79.5 cm³/mol. The van der Waals surface area contributed by atoms with Crippen LogP contribution in [0.3, 0.4) is 0 Å². The van der Waals surface area contributed by atoms with Gasteiger partial charge in [-0.15, -0.1) is 11.3 Å². The van der Waals surface area contributed by atoms with Crippen molar-refractivity contribution in [2.24, 2.45) is 5.41 Å². The third-order valence-electron chi connectivity index (χ3n) is 3.46. The summed E-state index contributed by atoms with van der Waals surface area (Å²) in [5, 5.41) is 1.58. The summed E-state index contributed by atoms with van der Waals surface area (Å²) < 4.78 is 31.2. The lowest BCUT2D eigenvalue weighted by Crippen LogP contribution is -2.43. The number of methoxy groups -OCH3 is 1. The smallest absolute Gasteiger partial charge is 0.349 e. The molecule has 1 rings (SSSR count). The van der Waals surface area contributed by atoms with Gasteiger partial charge in [-0.05, 0) is 23.8 Å². The fourth-order valence-corrected chi connectivity index (χ4v) is 4.50. The van der Waals surface area contributed by atoms with Crippen LogP contribution in [0, 0.1) is 5.41 Å². The minimum atomic E-state index is -3.72. The molecule has 1 heterocycles. The Balaban J connectivity index is 3.25. The minimum absolute atomic E-state index is 0.00736. The first-order chi connectivity index (χ1) is 9.03. The van der Waals surface area contributed by atoms with Gasteiger partial charge in [0.05, 0.1) is 7.11 Å². The number of hydrogen-bond donors (Lipinski definition) is 0. The molecule has 5 nitrogen and oxygen atoms in total. The van der Waals surface area contributed by atoms with Gasteiger partial charge in [-0.3, -0.25) is 0 Å². The van der Waals surface area contributed by atoms with Crippen molar-refractivity contribution in [2.45, 2.75) is 38.6 Å². The van der Waals surface area contributed by atoms with Crippen LogP contribution in [0.4, 0.5) is 0 Å². The van der Waals surface area contributed by atoms with E-state index in [-0.39, 0.29) is 21.2 Å². The van der Waals surface area contributed by atoms with E-state index in [9.17, 15) is 13.2 Å². The third kappa shape index (κ3) is 3.21. The summed E-state index contributed by atoms with van der Waals surface area (Å²) in [6.45, 7) is 7.76. The number of carbonyl (C=O) groups is 1. The van der Waals surface area contributed by atoms with E-state index in [0.717, 1.165) is 11.3 Å². The number of nitrogens with zero attached hydrogens (tertiary/aromatic N) is 1. The minimum Gasteiger partial charge on any atom is -0.465 e. The van der Waals surface area contributed by atoms with Crippen LogP contribution < -0.4 is 0 Å². The van der Waals surface area contributed by atoms with Gasteiger partial charge in [0, 0.05) is 13.1 Å². The van der Waals surface area contributed by atoms with Gasteiger partial charge in [-0.25, -0.2) is 13.2 Å². The molecule has 1 atom stereocenters. The molecule has 0 saturated carbocycles. The second-order valence-corrected chi connectivity index (χ2v) is 8.55. The lowest BCUT2D eigenvalue weighted by atomic mass is 9.88. The lowest BCUT2D eigenvalue weighted by Gasteiger charge is -2.34. The maximum absolute atomic E-state index is 12.6. The Kier molecular flexibility index (Phi) is 4.99. The van der Waals surface area contributed by atoms with Crippen molar-refractivity contribution < 1.29 is 17.9 Å². The van der Waals surface area contributed by atoms with Crippen LogP contribution >= 0.6 is 11.3 Å². The second kappa shape index (κ2) is 5.83. The summed E-state index contributed by atoms with van der Waals surface area (Å²) in [4.78, 5) is 11.8. The highest BCUT2D eigenvalue weighted by atomic mass is 32.2. The zero-order chi connectivity index (χ0) is 15.7. The standard InChI is InChI=1S/C13H21NO4S2/c1-9(13(2,3)4)14(5)20(16,17)10-7-8-19-11(10)12(15)18-6/h7-9H,1-6H3/t9-/m1/s1. The molecule has 0 aliphatic carbocycles. The van der Waals surface area contributed by atoms with E-state index in [1.54, 1.807) is 5.38 Å². The van der Waals surface area contributed by atoms with Crippen molar-refractivity contribution in [3.05, 3.63) is 16.3 Å². The molecular formula is C13H21NO4S2. The van der Waals surface area contributed by atoms with Crippen molar-refractivity contribution in [3.8, 4) is 0 Å². The van der Waals surface area contributed by atoms with E-state index in [4.69, 9.17) is 0 Å². The van der Waals surface area contributed by atoms with Gasteiger partial charge in [0.25, 0.3) is 0 Å². The molecule has 0 aliphatic rings. The summed E-state index contributed by atoms with van der Waals surface area (Å²) in [5.74, 6) is -0.629. The Morgan fingerprint density at radius 2 is 1.95 bits per heavy atom. The molecule has 0 bridgehead atoms. The van der Waals surface area contributed by atoms with E-state index in [1.807, 2.05) is 27.7 Å². The molecule has 0 aliphatic heterocycles. The average molecular weight is 319 g/mol. The fraction of sp³-hybridized carbons (Fsp3) is 0.615. The molecule has 0 fully saturated rings. The zero-order valence-electron chi connectivity index (χ0n) is 12.6. The van der Waals surface area contributed by atoms with Gasteiger partial charge in [-0.1, -0.05) is 20.8 Å². The van der Waals surface area contributed by atoms with Crippen molar-refractivity contribution in [1.82, 2.24) is 4.31 Å². The number of carbonyl (C=O) groups excluding carboxylic acids is 1. The first-order valence-corrected chi connectivity index (χ1v) is 8.49. The quantitative estimate of drug-likeness (QED) is 0.800. The molecule has 0 aromatic carbocycles. The molecule has 1 aromatic rings. The number of ether oxygens (including phenoxy) is 1. The second-order valence-electron chi connectivity index (χ2n) is 5.67. The number of rotatable bonds is 4. The maximum Gasteiger partial charge on any atom is 0.349 e. The van der Waals surface area contributed by atoms with Gasteiger partial charge >= 0.3 is 5.97 Å². The Bertz CT molecular complexity index is 584. The average Bonchev–Trinajstić information content (AvgIpc) is 2.84. The molecule has 7 heteroatoms. The van der Waals surface area contributed by atoms with Crippen LogP contribution in [0.1, 0.15) is 37.4 Å². The van der Waals surface area contributed by atoms with Crippen molar-refractivity contribution >= 4 is 27.3 Å². The molecule has 114 valence electrons. The van der Waals surface area contributed by atoms with Crippen LogP contribution in [0.15, 0.2) is 16.3 Å². The summed E-state index contributed by atoms with van der Waals surface area (Å²) >= 11 is 1.07. The van der Waals surface area contributed by atoms with Crippen molar-refractivity contribution in [3.63, 3.8) is 0 Å². The summed E-state index contributed by atoms with van der Waals surface area (Å²) in [5.41, 5.74) is -0.205. The van der Waals surface area contributed by atoms with Gasteiger partial charge in [0.15, 0.2) is 0 Å². The lowest BCUT2D eigenvalue weighted by molar-refractivity contribution is 0.0602. The normalized spacial score (nSPS) is 14.3. The Labute approximate surface area is 124 Å². The molecule has 1 aromatic heterocycles. The highest BCUT2D eigenvalue weighted by Gasteiger charge is 2.35. The van der Waals surface area contributed by atoms with E-state index in [0.29, 0.717) is 0 Å². The number of sulfonamides is 1. The van der Waals surface area contributed by atoms with Crippen LogP contribution in [0.25, 0.3) is 0 Å². The molecule has 0 amide bonds. The van der Waals surface area contributed by atoms with E-state index >= 15 is 0 Å². The van der Waals surface area contributed by atoms with Gasteiger partial charge in [0.2, 0.25) is 10.0 Å². The number of hydrogen-bond acceptors (Lipinski definition) is 5. The van der Waals surface area contributed by atoms with Crippen molar-refractivity contribution in [1.29, 1.82) is 0 Å². The van der Waals surface area contributed by atoms with Gasteiger partial charge < -0.3 is 4.74 Å². The highest BCUT2D eigenvalue weighted by Crippen LogP contribution is 2.30. The predicted octanol–water partition coefficient (Wildman–Crippen LogP) is 2.59. The first kappa shape index (κ1) is 17.1. The van der Waals surface area contributed by atoms with Crippen LogP contribution in [0.2, 0.25) is 0 Å². The SMILES string of the molecule is COC(=O)c1sccc1S(=O)(=O)N(C)[C@H](C)C(C)(C)C. The highest BCUT2D eigenvalue weighted by molar-refractivity contribution is 7.89. The Morgan fingerprint density at radius 1 is 1.40 bits per heavy atom. The van der Waals surface area contributed by atoms with E-state index in [2.05, 4.69) is 4.74 Å². The number of esters is 1. The van der Waals surface area contributed by atoms with Gasteiger partial charge in [-0.2, -0.15) is 4.31 Å². The maximum atomic E-state index is 12.6. The third-order valence-corrected chi connectivity index (χ3v) is 6.45. The van der Waals surface area contributed by atoms with Gasteiger partial charge in [0.1, 0.15) is 9.77 Å². The van der Waals surface area contributed by atoms with Crippen LogP contribution in [-0.4, -0.2) is 38.9 Å². The topological polar surface area (TPSA) is 63.7 Å². The van der Waals surface area contributed by atoms with E-state index in [1.165, 1.54) is 24.5 Å². The first-order valence-electron chi connectivity index (χ1n) is 6.17. The zero-order valence-corrected chi connectivity index (χ0v) is 14.3. The molecule has 20 heavy (non-hydrogen) atoms.